The van der Waals surface area contributed by atoms with Crippen molar-refractivity contribution in [2.45, 2.75) is 56.3 Å². The Kier molecular flexibility index (Phi) is 13.7. The van der Waals surface area contributed by atoms with Gasteiger partial charge in [0.15, 0.2) is 11.9 Å². The van der Waals surface area contributed by atoms with Gasteiger partial charge in [-0.3, -0.25) is 34.0 Å². The van der Waals surface area contributed by atoms with Crippen molar-refractivity contribution in [3.8, 4) is 5.75 Å². The third-order valence-corrected chi connectivity index (χ3v) is 8.26. The highest BCUT2D eigenvalue weighted by molar-refractivity contribution is 5.97. The molecule has 1 saturated heterocycles. The van der Waals surface area contributed by atoms with Gasteiger partial charge in [-0.05, 0) is 53.3 Å². The molecule has 0 aliphatic carbocycles. The van der Waals surface area contributed by atoms with E-state index in [1.807, 2.05) is 42.5 Å². The molecule has 14 N–H and O–H groups in total. The average molecular weight is 716 g/mol. The molecule has 1 aliphatic rings. The zero-order valence-corrected chi connectivity index (χ0v) is 28.5. The number of nitrogens with two attached hydrogens (primary N) is 4. The molecule has 0 spiro atoms. The summed E-state index contributed by atoms with van der Waals surface area (Å²) in [6.45, 7) is -0.418. The van der Waals surface area contributed by atoms with Crippen LogP contribution in [0, 0.1) is 0 Å². The van der Waals surface area contributed by atoms with Crippen molar-refractivity contribution < 1.29 is 29.1 Å². The summed E-state index contributed by atoms with van der Waals surface area (Å²) < 4.78 is 0. The molecule has 52 heavy (non-hydrogen) atoms. The first-order valence-electron chi connectivity index (χ1n) is 16.7. The molecule has 17 nitrogen and oxygen atoms in total. The van der Waals surface area contributed by atoms with E-state index < -0.39 is 60.2 Å². The van der Waals surface area contributed by atoms with Crippen molar-refractivity contribution in [3.63, 3.8) is 0 Å². The number of fused-ring (bicyclic) bond motifs is 1. The standard InChI is InChI=1S/C35H45N11O6/c36-34(37)40-14-3-6-25-31(50)46-27(18-21-7-10-22-4-1-2-5-23(22)16-21)30(49)42-19-29(48)43-28(17-20-8-11-24(47)12-9-20)33(52)45-26(32(51)44-25)13-15-41-35(38)39/h1-2,4-5,7-12,16,25-28,47H,3,6,13-15,17-19H2,(H,42,49)(H,43,48)(H,44,51)(H,45,52)(H,46,50)(H4,36,37,40)(H4,38,39,41). The van der Waals surface area contributed by atoms with Crippen LogP contribution in [0.2, 0.25) is 0 Å². The molecule has 4 unspecified atom stereocenters. The SMILES string of the molecule is NC(N)=NCCCC1NC(=O)C(CCN=C(N)N)NC(=O)C(Cc2ccc(O)cc2)NC(=O)CNC(=O)C(Cc2ccc3ccccc3c2)NC1=O. The number of rotatable bonds is 11. The van der Waals surface area contributed by atoms with Crippen LogP contribution in [0.25, 0.3) is 10.8 Å². The number of nitrogens with one attached hydrogen (secondary N) is 5. The fraction of sp³-hybridized carbons (Fsp3) is 0.343. The predicted octanol–water partition coefficient (Wildman–Crippen LogP) is -1.88. The zero-order chi connectivity index (χ0) is 37.6. The van der Waals surface area contributed by atoms with Gasteiger partial charge in [0.25, 0.3) is 0 Å². The Labute approximate surface area is 300 Å². The summed E-state index contributed by atoms with van der Waals surface area (Å²) in [7, 11) is 0. The van der Waals surface area contributed by atoms with E-state index in [1.54, 1.807) is 12.1 Å². The number of hydrogen-bond acceptors (Lipinski definition) is 8. The quantitative estimate of drug-likeness (QED) is 0.0599. The number of carbonyl (C=O) groups excluding carboxylic acids is 5. The van der Waals surface area contributed by atoms with Crippen molar-refractivity contribution in [2.75, 3.05) is 19.6 Å². The van der Waals surface area contributed by atoms with Gasteiger partial charge in [-0.25, -0.2) is 0 Å². The molecule has 1 aliphatic heterocycles. The molecule has 276 valence electrons. The highest BCUT2D eigenvalue weighted by atomic mass is 16.3. The van der Waals surface area contributed by atoms with E-state index in [1.165, 1.54) is 12.1 Å². The second-order valence-corrected chi connectivity index (χ2v) is 12.3. The average Bonchev–Trinajstić information content (AvgIpc) is 3.11. The van der Waals surface area contributed by atoms with Crippen LogP contribution in [0.15, 0.2) is 76.7 Å². The highest BCUT2D eigenvalue weighted by Crippen LogP contribution is 2.17. The maximum Gasteiger partial charge on any atom is 0.243 e. The lowest BCUT2D eigenvalue weighted by Gasteiger charge is -2.26. The predicted molar refractivity (Wildman–Crippen MR) is 195 cm³/mol. The van der Waals surface area contributed by atoms with E-state index in [2.05, 4.69) is 36.6 Å². The fourth-order valence-electron chi connectivity index (χ4n) is 5.60. The van der Waals surface area contributed by atoms with Crippen LogP contribution in [0.4, 0.5) is 0 Å². The number of carbonyl (C=O) groups is 5. The van der Waals surface area contributed by atoms with Gasteiger partial charge in [0.1, 0.15) is 29.9 Å². The van der Waals surface area contributed by atoms with E-state index in [4.69, 9.17) is 22.9 Å². The molecule has 4 atom stereocenters. The van der Waals surface area contributed by atoms with Crippen molar-refractivity contribution in [2.24, 2.45) is 32.9 Å². The van der Waals surface area contributed by atoms with E-state index in [9.17, 15) is 29.1 Å². The lowest BCUT2D eigenvalue weighted by atomic mass is 10.0. The normalized spacial score (nSPS) is 20.2. The van der Waals surface area contributed by atoms with Crippen LogP contribution in [-0.2, 0) is 36.8 Å². The van der Waals surface area contributed by atoms with Crippen LogP contribution in [0.1, 0.15) is 30.4 Å². The van der Waals surface area contributed by atoms with Gasteiger partial charge >= 0.3 is 0 Å². The maximum absolute atomic E-state index is 13.9. The summed E-state index contributed by atoms with van der Waals surface area (Å²) in [5.74, 6) is -3.87. The number of aliphatic imine (C=N–C) groups is 2. The number of phenolic OH excluding ortho intramolecular Hbond substituents is 1. The smallest absolute Gasteiger partial charge is 0.243 e. The summed E-state index contributed by atoms with van der Waals surface area (Å²) in [6, 6.07) is 14.5. The third-order valence-electron chi connectivity index (χ3n) is 8.26. The summed E-state index contributed by atoms with van der Waals surface area (Å²) in [6.07, 6.45) is 0.310. The van der Waals surface area contributed by atoms with E-state index in [0.29, 0.717) is 5.56 Å². The van der Waals surface area contributed by atoms with Crippen LogP contribution < -0.4 is 49.5 Å². The molecule has 1 fully saturated rings. The van der Waals surface area contributed by atoms with Crippen molar-refractivity contribution in [1.82, 2.24) is 26.6 Å². The summed E-state index contributed by atoms with van der Waals surface area (Å²) in [5, 5.41) is 25.0. The number of hydrogen-bond donors (Lipinski definition) is 10. The fourth-order valence-corrected chi connectivity index (χ4v) is 5.60. The lowest BCUT2D eigenvalue weighted by Crippen LogP contribution is -2.58. The molecule has 0 bridgehead atoms. The first-order chi connectivity index (χ1) is 24.9. The van der Waals surface area contributed by atoms with Gasteiger partial charge in [-0.2, -0.15) is 0 Å². The first-order valence-corrected chi connectivity index (χ1v) is 16.7. The molecule has 3 aromatic carbocycles. The third kappa shape index (κ3) is 11.9. The van der Waals surface area contributed by atoms with Crippen LogP contribution in [-0.4, -0.2) is 90.4 Å². The molecule has 17 heteroatoms. The number of nitrogens with zero attached hydrogens (tertiary/aromatic N) is 2. The number of phenols is 1. The minimum absolute atomic E-state index is 0.00717. The van der Waals surface area contributed by atoms with Gasteiger partial charge in [0, 0.05) is 25.9 Å². The summed E-state index contributed by atoms with van der Waals surface area (Å²) in [4.78, 5) is 76.1. The van der Waals surface area contributed by atoms with Crippen molar-refractivity contribution >= 4 is 52.2 Å². The molecule has 0 radical (unpaired) electrons. The Morgan fingerprint density at radius 1 is 0.615 bits per heavy atom. The van der Waals surface area contributed by atoms with Gasteiger partial charge < -0.3 is 54.6 Å². The number of amides is 5. The molecule has 0 aromatic heterocycles. The minimum atomic E-state index is -1.25. The topological polar surface area (TPSA) is 295 Å². The molecule has 3 aromatic rings. The monoisotopic (exact) mass is 715 g/mol. The molecule has 1 heterocycles. The van der Waals surface area contributed by atoms with E-state index in [-0.39, 0.29) is 62.9 Å². The zero-order valence-electron chi connectivity index (χ0n) is 28.5. The minimum Gasteiger partial charge on any atom is -0.508 e. The summed E-state index contributed by atoms with van der Waals surface area (Å²) in [5.41, 5.74) is 23.2. The Morgan fingerprint density at radius 3 is 1.83 bits per heavy atom. The first kappa shape index (κ1) is 38.4. The van der Waals surface area contributed by atoms with Gasteiger partial charge in [-0.1, -0.05) is 54.6 Å². The second-order valence-electron chi connectivity index (χ2n) is 12.3. The number of aromatic hydroxyl groups is 1. The van der Waals surface area contributed by atoms with Gasteiger partial charge in [-0.15, -0.1) is 0 Å². The van der Waals surface area contributed by atoms with Gasteiger partial charge in [0.2, 0.25) is 29.5 Å². The largest absolute Gasteiger partial charge is 0.508 e. The molecule has 4 rings (SSSR count). The highest BCUT2D eigenvalue weighted by Gasteiger charge is 2.32. The lowest BCUT2D eigenvalue weighted by molar-refractivity contribution is -0.134. The van der Waals surface area contributed by atoms with Crippen LogP contribution >= 0.6 is 0 Å². The van der Waals surface area contributed by atoms with Crippen LogP contribution in [0.3, 0.4) is 0 Å². The summed E-state index contributed by atoms with van der Waals surface area (Å²) >= 11 is 0. The number of benzene rings is 3. The second kappa shape index (κ2) is 18.6. The Bertz CT molecular complexity index is 1810. The maximum atomic E-state index is 13.9. The number of guanidine groups is 2. The van der Waals surface area contributed by atoms with Crippen LogP contribution in [0.5, 0.6) is 5.75 Å². The van der Waals surface area contributed by atoms with Crippen molar-refractivity contribution in [3.05, 3.63) is 77.9 Å². The van der Waals surface area contributed by atoms with E-state index in [0.717, 1.165) is 16.3 Å². The molecular formula is C35H45N11O6. The Hall–Kier alpha value is -6.39. The molecular weight excluding hydrogens is 670 g/mol. The Morgan fingerprint density at radius 2 is 1.15 bits per heavy atom. The van der Waals surface area contributed by atoms with E-state index >= 15 is 0 Å². The molecule has 0 saturated carbocycles. The molecule has 5 amide bonds. The van der Waals surface area contributed by atoms with Gasteiger partial charge in [0.05, 0.1) is 6.54 Å². The van der Waals surface area contributed by atoms with Crippen molar-refractivity contribution in [1.29, 1.82) is 0 Å². The Balaban J connectivity index is 1.68.